The molecule has 0 saturated carbocycles. The molecular weight excluding hydrogens is 404 g/mol. The van der Waals surface area contributed by atoms with Gasteiger partial charge in [-0.15, -0.1) is 0 Å². The van der Waals surface area contributed by atoms with E-state index in [1.54, 1.807) is 6.07 Å². The largest absolute Gasteiger partial charge is 0.441 e. The van der Waals surface area contributed by atoms with Crippen molar-refractivity contribution in [2.45, 2.75) is 25.4 Å². The van der Waals surface area contributed by atoms with Crippen LogP contribution in [0, 0.1) is 5.82 Å². The molecule has 9 nitrogen and oxygen atoms in total. The molecule has 0 aliphatic carbocycles. The number of carbonyl (C=O) groups is 1. The van der Waals surface area contributed by atoms with Crippen LogP contribution in [0.3, 0.4) is 0 Å². The maximum absolute atomic E-state index is 15.7. The van der Waals surface area contributed by atoms with Crippen molar-refractivity contribution in [3.05, 3.63) is 17.4 Å². The van der Waals surface area contributed by atoms with E-state index in [-0.39, 0.29) is 29.4 Å². The molecule has 1 aromatic heterocycles. The van der Waals surface area contributed by atoms with Crippen LogP contribution >= 0.6 is 0 Å². The first-order chi connectivity index (χ1) is 14.6. The number of halogens is 2. The highest BCUT2D eigenvalue weighted by Gasteiger charge is 2.38. The van der Waals surface area contributed by atoms with Gasteiger partial charge in [-0.05, 0) is 13.0 Å². The topological polar surface area (TPSA) is 86.5 Å². The maximum atomic E-state index is 15.7. The fourth-order valence-corrected chi connectivity index (χ4v) is 4.07. The van der Waals surface area contributed by atoms with Gasteiger partial charge >= 0.3 is 6.09 Å². The van der Waals surface area contributed by atoms with Gasteiger partial charge < -0.3 is 28.4 Å². The molecule has 0 radical (unpaired) electrons. The third-order valence-corrected chi connectivity index (χ3v) is 5.42. The number of carbonyl (C=O) groups excluding carboxylic acids is 1. The van der Waals surface area contributed by atoms with Crippen molar-refractivity contribution in [2.24, 2.45) is 0 Å². The molecule has 2 atom stereocenters. The van der Waals surface area contributed by atoms with Crippen molar-refractivity contribution in [2.75, 3.05) is 55.9 Å². The van der Waals surface area contributed by atoms with E-state index in [1.165, 1.54) is 0 Å². The predicted molar refractivity (Wildman–Crippen MR) is 99.8 cm³/mol. The lowest BCUT2D eigenvalue weighted by atomic mass is 10.1. The van der Waals surface area contributed by atoms with Crippen molar-refractivity contribution >= 4 is 28.6 Å². The average molecular weight is 425 g/mol. The SMILES string of the molecule is CC1CN(c2c(C3OCCO3)cc3c(N4CC(CF)OC4=O)noc3c2F)CCO1. The first-order valence-corrected chi connectivity index (χ1v) is 9.82. The zero-order chi connectivity index (χ0) is 20.8. The molecule has 3 aliphatic heterocycles. The van der Waals surface area contributed by atoms with E-state index in [1.807, 2.05) is 11.8 Å². The molecule has 0 N–H and O–H groups in total. The number of alkyl halides is 1. The fourth-order valence-electron chi connectivity index (χ4n) is 4.07. The quantitative estimate of drug-likeness (QED) is 0.739. The van der Waals surface area contributed by atoms with E-state index in [2.05, 4.69) is 5.16 Å². The van der Waals surface area contributed by atoms with Gasteiger partial charge in [0.25, 0.3) is 0 Å². The molecule has 2 aromatic rings. The van der Waals surface area contributed by atoms with Gasteiger partial charge in [-0.3, -0.25) is 4.90 Å². The summed E-state index contributed by atoms with van der Waals surface area (Å²) in [5, 5.41) is 4.16. The molecule has 2 unspecified atom stereocenters. The molecule has 11 heteroatoms. The number of hydrogen-bond acceptors (Lipinski definition) is 8. The van der Waals surface area contributed by atoms with E-state index in [0.717, 1.165) is 4.90 Å². The number of amides is 1. The lowest BCUT2D eigenvalue weighted by molar-refractivity contribution is -0.0440. The molecule has 0 bridgehead atoms. The molecule has 3 saturated heterocycles. The summed E-state index contributed by atoms with van der Waals surface area (Å²) in [4.78, 5) is 15.2. The Bertz CT molecular complexity index is 963. The monoisotopic (exact) mass is 425 g/mol. The Morgan fingerprint density at radius 3 is 2.70 bits per heavy atom. The molecular formula is C19H21F2N3O6. The number of hydrogen-bond donors (Lipinski definition) is 0. The van der Waals surface area contributed by atoms with Crippen LogP contribution in [0.1, 0.15) is 18.8 Å². The highest BCUT2D eigenvalue weighted by molar-refractivity contribution is 6.00. The second-order valence-corrected chi connectivity index (χ2v) is 7.48. The standard InChI is InChI=1S/C19H21F2N3O6/c1-10-8-23(2-3-26-10)15-12(18-27-4-5-28-18)6-13-16(14(15)21)30-22-17(13)24-9-11(7-20)29-19(24)25/h6,10-11,18H,2-5,7-9H2,1H3. The summed E-state index contributed by atoms with van der Waals surface area (Å²) in [5.41, 5.74) is 0.681. The van der Waals surface area contributed by atoms with Gasteiger partial charge in [0.1, 0.15) is 12.8 Å². The Kier molecular flexibility index (Phi) is 4.95. The van der Waals surface area contributed by atoms with E-state index in [0.29, 0.717) is 44.2 Å². The van der Waals surface area contributed by atoms with Crippen LogP contribution < -0.4 is 9.80 Å². The number of morpholine rings is 1. The molecule has 1 aromatic carbocycles. The lowest BCUT2D eigenvalue weighted by Crippen LogP contribution is -2.42. The average Bonchev–Trinajstić information content (AvgIpc) is 3.47. The maximum Gasteiger partial charge on any atom is 0.416 e. The van der Waals surface area contributed by atoms with Gasteiger partial charge in [0.2, 0.25) is 5.58 Å². The summed E-state index contributed by atoms with van der Waals surface area (Å²) in [6, 6.07) is 1.66. The van der Waals surface area contributed by atoms with Crippen LogP contribution in [0.5, 0.6) is 0 Å². The van der Waals surface area contributed by atoms with Gasteiger partial charge in [0.15, 0.2) is 17.9 Å². The number of rotatable bonds is 4. The second-order valence-electron chi connectivity index (χ2n) is 7.48. The molecule has 1 amide bonds. The second kappa shape index (κ2) is 7.64. The molecule has 0 spiro atoms. The molecule has 3 aliphatic rings. The van der Waals surface area contributed by atoms with Crippen LogP contribution in [0.15, 0.2) is 10.6 Å². The van der Waals surface area contributed by atoms with Crippen LogP contribution in [0.2, 0.25) is 0 Å². The Labute approximate surface area is 170 Å². The van der Waals surface area contributed by atoms with Crippen LogP contribution in [-0.2, 0) is 18.9 Å². The number of anilines is 2. The van der Waals surface area contributed by atoms with Crippen LogP contribution in [-0.4, -0.2) is 69.6 Å². The van der Waals surface area contributed by atoms with E-state index in [9.17, 15) is 9.18 Å². The summed E-state index contributed by atoms with van der Waals surface area (Å²) < 4.78 is 55.8. The number of benzene rings is 1. The van der Waals surface area contributed by atoms with Gasteiger partial charge in [-0.1, -0.05) is 5.16 Å². The summed E-state index contributed by atoms with van der Waals surface area (Å²) >= 11 is 0. The zero-order valence-corrected chi connectivity index (χ0v) is 16.3. The van der Waals surface area contributed by atoms with Gasteiger partial charge in [-0.25, -0.2) is 13.6 Å². The Hall–Kier alpha value is -2.50. The van der Waals surface area contributed by atoms with Crippen LogP contribution in [0.25, 0.3) is 11.0 Å². The minimum absolute atomic E-state index is 0.0346. The van der Waals surface area contributed by atoms with E-state index in [4.69, 9.17) is 23.5 Å². The van der Waals surface area contributed by atoms with Gasteiger partial charge in [0.05, 0.1) is 43.5 Å². The summed E-state index contributed by atoms with van der Waals surface area (Å²) in [6.45, 7) is 3.26. The van der Waals surface area contributed by atoms with Crippen LogP contribution in [0.4, 0.5) is 25.1 Å². The van der Waals surface area contributed by atoms with Crippen molar-refractivity contribution in [3.63, 3.8) is 0 Å². The number of fused-ring (bicyclic) bond motifs is 1. The Morgan fingerprint density at radius 2 is 2.00 bits per heavy atom. The van der Waals surface area contributed by atoms with Crippen molar-refractivity contribution in [1.82, 2.24) is 5.16 Å². The van der Waals surface area contributed by atoms with E-state index >= 15 is 4.39 Å². The predicted octanol–water partition coefficient (Wildman–Crippen LogP) is 2.53. The summed E-state index contributed by atoms with van der Waals surface area (Å²) in [6.07, 6.45) is -2.49. The van der Waals surface area contributed by atoms with Gasteiger partial charge in [-0.2, -0.15) is 0 Å². The normalized spacial score (nSPS) is 25.5. The third kappa shape index (κ3) is 3.17. The Morgan fingerprint density at radius 1 is 1.20 bits per heavy atom. The molecule has 5 rings (SSSR count). The smallest absolute Gasteiger partial charge is 0.416 e. The third-order valence-electron chi connectivity index (χ3n) is 5.42. The molecule has 3 fully saturated rings. The molecule has 30 heavy (non-hydrogen) atoms. The summed E-state index contributed by atoms with van der Waals surface area (Å²) in [5.74, 6) is -0.546. The number of nitrogens with zero attached hydrogens (tertiary/aromatic N) is 3. The van der Waals surface area contributed by atoms with Crippen molar-refractivity contribution in [1.29, 1.82) is 0 Å². The van der Waals surface area contributed by atoms with Crippen molar-refractivity contribution in [3.8, 4) is 0 Å². The number of ether oxygens (including phenoxy) is 4. The first kappa shape index (κ1) is 19.5. The minimum Gasteiger partial charge on any atom is -0.441 e. The molecule has 4 heterocycles. The van der Waals surface area contributed by atoms with Gasteiger partial charge in [0, 0.05) is 18.7 Å². The fraction of sp³-hybridized carbons (Fsp3) is 0.579. The zero-order valence-electron chi connectivity index (χ0n) is 16.3. The highest BCUT2D eigenvalue weighted by atomic mass is 19.1. The first-order valence-electron chi connectivity index (χ1n) is 9.82. The number of cyclic esters (lactones) is 1. The lowest BCUT2D eigenvalue weighted by Gasteiger charge is -2.34. The summed E-state index contributed by atoms with van der Waals surface area (Å²) in [7, 11) is 0. The highest BCUT2D eigenvalue weighted by Crippen LogP contribution is 2.42. The van der Waals surface area contributed by atoms with Crippen molar-refractivity contribution < 1.29 is 37.0 Å². The molecule has 162 valence electrons. The van der Waals surface area contributed by atoms with E-state index < -0.39 is 31.0 Å². The Balaban J connectivity index is 1.63. The number of aromatic nitrogens is 1. The minimum atomic E-state index is -0.899.